The maximum Gasteiger partial charge on any atom is 0.337 e. The number of hydrogen-bond donors (Lipinski definition) is 17. The lowest BCUT2D eigenvalue weighted by Gasteiger charge is -2.04. The van der Waals surface area contributed by atoms with Crippen molar-refractivity contribution in [1.82, 2.24) is 0 Å². The number of carboxylic acid groups (broad SMARTS) is 7. The fourth-order valence-corrected chi connectivity index (χ4v) is 7.25. The van der Waals surface area contributed by atoms with Crippen molar-refractivity contribution in [1.29, 1.82) is 0 Å². The van der Waals surface area contributed by atoms with Gasteiger partial charge in [0.25, 0.3) is 25.9 Å². The van der Waals surface area contributed by atoms with Gasteiger partial charge in [0.1, 0.15) is 5.69 Å². The number of nitrogens with two attached hydrogens (primary N) is 7. The van der Waals surface area contributed by atoms with E-state index in [0.717, 1.165) is 48.0 Å². The van der Waals surface area contributed by atoms with Crippen LogP contribution in [0.2, 0.25) is 10.0 Å². The Hall–Kier alpha value is -11.3. The van der Waals surface area contributed by atoms with Crippen molar-refractivity contribution < 1.29 is 105 Å². The van der Waals surface area contributed by atoms with Gasteiger partial charge in [0.05, 0.1) is 53.7 Å². The molecule has 0 saturated carbocycles. The minimum Gasteiger partial charge on any atom is -0.478 e. The van der Waals surface area contributed by atoms with Crippen molar-refractivity contribution in [3.8, 4) is 0 Å². The zero-order valence-electron chi connectivity index (χ0n) is 44.9. The second kappa shape index (κ2) is 33.3. The minimum absolute atomic E-state index is 0.0394. The predicted octanol–water partition coefficient (Wildman–Crippen LogP) is 6.74. The Morgan fingerprint density at radius 3 is 1.25 bits per heavy atom. The molecule has 88 heavy (non-hydrogen) atoms. The van der Waals surface area contributed by atoms with Gasteiger partial charge in [-0.3, -0.25) is 24.0 Å². The molecule has 7 rings (SSSR count). The van der Waals surface area contributed by atoms with Crippen LogP contribution in [0.1, 0.15) is 85.0 Å². The van der Waals surface area contributed by atoms with E-state index in [-0.39, 0.29) is 79.0 Å². The van der Waals surface area contributed by atoms with E-state index in [1.165, 1.54) is 79.7 Å². The number of amides is 1. The summed E-state index contributed by atoms with van der Waals surface area (Å²) >= 11 is 11.1. The Morgan fingerprint density at radius 1 is 0.432 bits per heavy atom. The van der Waals surface area contributed by atoms with Crippen LogP contribution in [0.5, 0.6) is 0 Å². The van der Waals surface area contributed by atoms with Gasteiger partial charge in [-0.15, -0.1) is 0 Å². The summed E-state index contributed by atoms with van der Waals surface area (Å²) in [5.41, 5.74) is 38.9. The number of carboxylic acids is 7. The van der Waals surface area contributed by atoms with Gasteiger partial charge >= 0.3 is 41.8 Å². The summed E-state index contributed by atoms with van der Waals surface area (Å²) in [6.07, 6.45) is 0. The minimum atomic E-state index is -4.39. The Bertz CT molecular complexity index is 4060. The summed E-state index contributed by atoms with van der Waals surface area (Å²) in [5, 5.41) is 73.6. The number of benzene rings is 7. The van der Waals surface area contributed by atoms with Gasteiger partial charge in [-0.25, -0.2) is 33.6 Å². The predicted molar refractivity (Wildman–Crippen MR) is 320 cm³/mol. The molecule has 0 fully saturated rings. The van der Waals surface area contributed by atoms with E-state index in [0.29, 0.717) is 27.1 Å². The molecular formula is C52H51Cl2N9O23S2. The first kappa shape index (κ1) is 74.7. The highest BCUT2D eigenvalue weighted by molar-refractivity contribution is 7.86. The van der Waals surface area contributed by atoms with Crippen molar-refractivity contribution in [3.63, 3.8) is 0 Å². The topological polar surface area (TPSA) is 624 Å². The van der Waals surface area contributed by atoms with Crippen LogP contribution in [-0.2, 0) is 25.0 Å². The third-order valence-corrected chi connectivity index (χ3v) is 12.3. The van der Waals surface area contributed by atoms with Crippen LogP contribution in [0.25, 0.3) is 0 Å². The molecule has 36 heteroatoms. The second-order valence-corrected chi connectivity index (χ2v) is 20.4. The number of hydrogen-bond acceptors (Lipinski definition) is 21. The lowest BCUT2D eigenvalue weighted by Crippen LogP contribution is -2.07. The molecule has 7 aromatic carbocycles. The number of carbonyl (C=O) groups excluding carboxylic acids is 1. The van der Waals surface area contributed by atoms with Crippen molar-refractivity contribution in [2.45, 2.75) is 23.6 Å². The molecule has 0 bridgehead atoms. The number of halogens is 2. The standard InChI is InChI=1S/C9H10N2O3.C8H9NO2.2C7H6ClNO2.C7H6N2O4.2C7H7NO5S/c1-5(12)11-8-3-6(9(13)14)2-7(10)4-8;1-5-2-3-6(8(10)11)4-7(5)9;8-4-1-2-6(9)5(3-4)7(10)11;8-4-1-2-5(7(10)11)6(9)3-4;8-5-2-1-4(7(10)11)3-6(5)9(12)13;8-6-2-1-4(14(11,12)13)3-5(6)7(9)10;8-6-3-4(14(11,12)13)1-2-5(6)7(9)10/h2-4H,10H2,1H3,(H,11,12)(H,13,14);2-4H,9H2,1H3,(H,10,11);2*1-3H,9H2,(H,10,11);1-3H,8H2,(H,10,11);2*1-3H,8H2,(H,9,10)(H,11,12,13). The number of nitrogen functional groups attached to an aromatic ring is 7. The lowest BCUT2D eigenvalue weighted by atomic mass is 10.1. The average Bonchev–Trinajstić information content (AvgIpc) is 3.63. The maximum atomic E-state index is 10.7. The van der Waals surface area contributed by atoms with E-state index in [9.17, 15) is 65.3 Å². The van der Waals surface area contributed by atoms with Crippen molar-refractivity contribution in [2.75, 3.05) is 45.5 Å². The van der Waals surface area contributed by atoms with E-state index in [1.54, 1.807) is 12.1 Å². The molecule has 0 saturated heterocycles. The number of carbonyl (C=O) groups is 8. The number of aryl methyl sites for hydroxylation is 1. The number of rotatable bonds is 11. The molecule has 7 aromatic rings. The highest BCUT2D eigenvalue weighted by Crippen LogP contribution is 2.24. The first-order valence-corrected chi connectivity index (χ1v) is 26.7. The number of nitrogens with one attached hydrogen (secondary N) is 1. The van der Waals surface area contributed by atoms with Gasteiger partial charge in [-0.1, -0.05) is 29.3 Å². The molecule has 1 amide bonds. The van der Waals surface area contributed by atoms with Gasteiger partial charge in [0.15, 0.2) is 0 Å². The van der Waals surface area contributed by atoms with Crippen LogP contribution >= 0.6 is 23.2 Å². The maximum absolute atomic E-state index is 10.7. The molecule has 0 aliphatic rings. The fourth-order valence-electron chi connectivity index (χ4n) is 5.88. The number of nitro benzene ring substituents is 1. The van der Waals surface area contributed by atoms with Crippen molar-refractivity contribution >= 4 is 142 Å². The highest BCUT2D eigenvalue weighted by Gasteiger charge is 2.18. The molecule has 0 heterocycles. The molecule has 0 aromatic heterocycles. The van der Waals surface area contributed by atoms with Crippen LogP contribution < -0.4 is 45.5 Å². The quantitative estimate of drug-likeness (QED) is 0.0276. The molecule has 32 nitrogen and oxygen atoms in total. The number of aromatic carboxylic acids is 7. The zero-order valence-corrected chi connectivity index (χ0v) is 48.1. The number of anilines is 8. The third kappa shape index (κ3) is 25.3. The third-order valence-electron chi connectivity index (χ3n) is 10.1. The molecule has 0 atom stereocenters. The molecule has 0 aliphatic carbocycles. The van der Waals surface area contributed by atoms with Crippen LogP contribution in [0.4, 0.5) is 51.2 Å². The summed E-state index contributed by atoms with van der Waals surface area (Å²) < 4.78 is 59.8. The Morgan fingerprint density at radius 2 is 0.830 bits per heavy atom. The largest absolute Gasteiger partial charge is 0.478 e. The molecule has 0 spiro atoms. The first-order chi connectivity index (χ1) is 40.5. The zero-order chi connectivity index (χ0) is 67.9. The average molecular weight is 1310 g/mol. The van der Waals surface area contributed by atoms with E-state index >= 15 is 0 Å². The van der Waals surface area contributed by atoms with Crippen LogP contribution in [0.15, 0.2) is 137 Å². The summed E-state index contributed by atoms with van der Waals surface area (Å²) in [6.45, 7) is 3.17. The molecule has 0 aliphatic heterocycles. The van der Waals surface area contributed by atoms with Gasteiger partial charge in [-0.2, -0.15) is 16.8 Å². The van der Waals surface area contributed by atoms with Crippen molar-refractivity contribution in [2.24, 2.45) is 0 Å². The van der Waals surface area contributed by atoms with Gasteiger partial charge in [-0.05, 0) is 128 Å². The SMILES string of the molecule is CC(=O)Nc1cc(N)cc(C(=O)O)c1.Cc1ccc(C(=O)O)cc1N.Nc1cc(Cl)ccc1C(=O)O.Nc1cc(S(=O)(=O)O)ccc1C(=O)O.Nc1ccc(C(=O)O)cc1[N+](=O)[O-].Nc1ccc(Cl)cc1C(=O)O.Nc1ccc(S(=O)(=O)O)cc1C(=O)O. The summed E-state index contributed by atoms with van der Waals surface area (Å²) in [7, 11) is -8.74. The van der Waals surface area contributed by atoms with Crippen molar-refractivity contribution in [3.05, 3.63) is 192 Å². The van der Waals surface area contributed by atoms with Gasteiger partial charge < -0.3 is 81.2 Å². The van der Waals surface area contributed by atoms with Gasteiger partial charge in [0.2, 0.25) is 5.91 Å². The Balaban J connectivity index is 0.000000515. The van der Waals surface area contributed by atoms with E-state index in [1.807, 2.05) is 6.92 Å². The summed E-state index contributed by atoms with van der Waals surface area (Å²) in [5.74, 6) is -8.24. The number of nitrogens with zero attached hydrogens (tertiary/aromatic N) is 1. The fraction of sp³-hybridized carbons (Fsp3) is 0.0385. The van der Waals surface area contributed by atoms with E-state index in [4.69, 9.17) is 108 Å². The lowest BCUT2D eigenvalue weighted by molar-refractivity contribution is -0.383. The molecule has 24 N–H and O–H groups in total. The van der Waals surface area contributed by atoms with Crippen LogP contribution in [-0.4, -0.2) is 114 Å². The van der Waals surface area contributed by atoms with Crippen LogP contribution in [0, 0.1) is 17.0 Å². The molecular weight excluding hydrogens is 1250 g/mol. The molecule has 0 unspecified atom stereocenters. The van der Waals surface area contributed by atoms with E-state index < -0.39 is 76.7 Å². The molecule has 0 radical (unpaired) electrons. The Labute approximate surface area is 506 Å². The van der Waals surface area contributed by atoms with E-state index in [2.05, 4.69) is 5.32 Å². The monoisotopic (exact) mass is 1300 g/mol. The normalized spacial score (nSPS) is 10.1. The molecule has 468 valence electrons. The first-order valence-electron chi connectivity index (χ1n) is 23.0. The Kier molecular flexibility index (Phi) is 28.2. The van der Waals surface area contributed by atoms with Crippen LogP contribution in [0.3, 0.4) is 0 Å². The second-order valence-electron chi connectivity index (χ2n) is 16.7. The van der Waals surface area contributed by atoms with Gasteiger partial charge in [0, 0.05) is 62.8 Å². The smallest absolute Gasteiger partial charge is 0.337 e. The summed E-state index contributed by atoms with van der Waals surface area (Å²) in [4.78, 5) is 92.7. The number of nitro groups is 1. The summed E-state index contributed by atoms with van der Waals surface area (Å²) in [6, 6.07) is 26.6. The highest BCUT2D eigenvalue weighted by atomic mass is 35.5.